The maximum atomic E-state index is 13.2. The first-order chi connectivity index (χ1) is 17.0. The van der Waals surface area contributed by atoms with E-state index in [2.05, 4.69) is 22.9 Å². The molecule has 184 valence electrons. The highest BCUT2D eigenvalue weighted by molar-refractivity contribution is 5.98. The van der Waals surface area contributed by atoms with E-state index >= 15 is 0 Å². The average molecular weight is 478 g/mol. The third-order valence-electron chi connectivity index (χ3n) is 7.51. The molecule has 1 aromatic carbocycles. The van der Waals surface area contributed by atoms with Gasteiger partial charge in [-0.25, -0.2) is 4.68 Å². The van der Waals surface area contributed by atoms with E-state index in [9.17, 15) is 9.59 Å². The molecule has 0 atom stereocenters. The minimum atomic E-state index is -0.499. The molecule has 2 fully saturated rings. The van der Waals surface area contributed by atoms with Crippen molar-refractivity contribution >= 4 is 28.5 Å². The molecule has 3 aliphatic rings. The van der Waals surface area contributed by atoms with Crippen LogP contribution in [0.3, 0.4) is 0 Å². The maximum Gasteiger partial charge on any atom is 0.228 e. The van der Waals surface area contributed by atoms with Crippen LogP contribution in [0.2, 0.25) is 0 Å². The fourth-order valence-corrected chi connectivity index (χ4v) is 5.60. The summed E-state index contributed by atoms with van der Waals surface area (Å²) in [5, 5.41) is 5.98. The van der Waals surface area contributed by atoms with Gasteiger partial charge in [0.15, 0.2) is 5.79 Å². The molecule has 5 heterocycles. The summed E-state index contributed by atoms with van der Waals surface area (Å²) >= 11 is 0. The summed E-state index contributed by atoms with van der Waals surface area (Å²) in [6, 6.07) is 10.3. The molecule has 0 bridgehead atoms. The molecule has 3 aliphatic heterocycles. The summed E-state index contributed by atoms with van der Waals surface area (Å²) in [6.45, 7) is 3.89. The van der Waals surface area contributed by atoms with Crippen molar-refractivity contribution < 1.29 is 19.1 Å². The Morgan fingerprint density at radius 1 is 1.00 bits per heavy atom. The summed E-state index contributed by atoms with van der Waals surface area (Å²) in [5.41, 5.74) is 3.08. The van der Waals surface area contributed by atoms with E-state index in [1.165, 1.54) is 0 Å². The van der Waals surface area contributed by atoms with Crippen molar-refractivity contribution in [3.05, 3.63) is 36.5 Å². The van der Waals surface area contributed by atoms with Gasteiger partial charge in [-0.05, 0) is 12.5 Å². The first-order valence-corrected chi connectivity index (χ1v) is 12.5. The Bertz CT molecular complexity index is 1260. The first kappa shape index (κ1) is 22.3. The van der Waals surface area contributed by atoms with Crippen LogP contribution in [0.1, 0.15) is 32.1 Å². The number of aromatic nitrogens is 3. The monoisotopic (exact) mass is 477 g/mol. The Labute approximate surface area is 204 Å². The zero-order chi connectivity index (χ0) is 24.0. The molecule has 35 heavy (non-hydrogen) atoms. The van der Waals surface area contributed by atoms with E-state index in [0.717, 1.165) is 40.9 Å². The van der Waals surface area contributed by atoms with Gasteiger partial charge in [0.1, 0.15) is 5.82 Å². The lowest BCUT2D eigenvalue weighted by Crippen LogP contribution is -2.47. The highest BCUT2D eigenvalue weighted by Crippen LogP contribution is 2.34. The van der Waals surface area contributed by atoms with Gasteiger partial charge in [-0.1, -0.05) is 18.2 Å². The number of aryl methyl sites for hydroxylation is 2. The van der Waals surface area contributed by atoms with Crippen LogP contribution in [0.4, 0.5) is 5.82 Å². The van der Waals surface area contributed by atoms with E-state index in [4.69, 9.17) is 14.6 Å². The zero-order valence-electron chi connectivity index (χ0n) is 20.1. The van der Waals surface area contributed by atoms with Crippen molar-refractivity contribution in [2.75, 3.05) is 37.7 Å². The van der Waals surface area contributed by atoms with Crippen LogP contribution in [0.5, 0.6) is 0 Å². The summed E-state index contributed by atoms with van der Waals surface area (Å²) in [5.74, 6) is 0.306. The van der Waals surface area contributed by atoms with Crippen LogP contribution in [0.15, 0.2) is 36.5 Å². The van der Waals surface area contributed by atoms with Crippen molar-refractivity contribution in [1.29, 1.82) is 0 Å². The molecule has 2 amide bonds. The number of rotatable bonds is 4. The second-order valence-corrected chi connectivity index (χ2v) is 9.67. The highest BCUT2D eigenvalue weighted by atomic mass is 16.7. The number of nitrogens with zero attached hydrogens (tertiary/aromatic N) is 5. The summed E-state index contributed by atoms with van der Waals surface area (Å²) in [4.78, 5) is 29.6. The van der Waals surface area contributed by atoms with E-state index in [1.54, 1.807) is 4.90 Å². The number of fused-ring (bicyclic) bond motifs is 2. The number of piperidine rings is 1. The van der Waals surface area contributed by atoms with Gasteiger partial charge in [0, 0.05) is 87.6 Å². The zero-order valence-corrected chi connectivity index (χ0v) is 20.1. The SMILES string of the molecule is Cn1cc(-c2cc3n(n2)CCCN3C(=O)CCC(=O)N2CCC3(CC2)OCCO3)c2ccccc21. The van der Waals surface area contributed by atoms with Crippen LogP contribution in [-0.2, 0) is 32.7 Å². The van der Waals surface area contributed by atoms with Gasteiger partial charge in [0.25, 0.3) is 0 Å². The summed E-state index contributed by atoms with van der Waals surface area (Å²) in [6.07, 6.45) is 4.73. The Morgan fingerprint density at radius 3 is 2.54 bits per heavy atom. The van der Waals surface area contributed by atoms with E-state index in [0.29, 0.717) is 45.7 Å². The number of anilines is 1. The predicted octanol–water partition coefficient (Wildman–Crippen LogP) is 2.92. The average Bonchev–Trinajstić information content (AvgIpc) is 3.60. The third-order valence-corrected chi connectivity index (χ3v) is 7.51. The summed E-state index contributed by atoms with van der Waals surface area (Å²) < 4.78 is 15.5. The number of amides is 2. The molecular weight excluding hydrogens is 446 g/mol. The largest absolute Gasteiger partial charge is 0.350 e. The molecule has 1 spiro atoms. The number of hydrogen-bond donors (Lipinski definition) is 0. The smallest absolute Gasteiger partial charge is 0.228 e. The topological polar surface area (TPSA) is 81.8 Å². The second kappa shape index (κ2) is 8.80. The number of carbonyl (C=O) groups is 2. The number of para-hydroxylation sites is 1. The van der Waals surface area contributed by atoms with Crippen LogP contribution >= 0.6 is 0 Å². The number of ether oxygens (including phenoxy) is 2. The van der Waals surface area contributed by atoms with Crippen molar-refractivity contribution in [2.45, 2.75) is 44.4 Å². The Kier molecular flexibility index (Phi) is 5.61. The molecular formula is C26H31N5O4. The van der Waals surface area contributed by atoms with Gasteiger partial charge in [-0.3, -0.25) is 14.5 Å². The lowest BCUT2D eigenvalue weighted by Gasteiger charge is -2.37. The molecule has 0 N–H and O–H groups in total. The lowest BCUT2D eigenvalue weighted by atomic mass is 10.0. The molecule has 9 heteroatoms. The Morgan fingerprint density at radius 2 is 1.74 bits per heavy atom. The third kappa shape index (κ3) is 4.02. The number of benzene rings is 1. The minimum absolute atomic E-state index is 0.0214. The van der Waals surface area contributed by atoms with Gasteiger partial charge >= 0.3 is 0 Å². The maximum absolute atomic E-state index is 13.2. The van der Waals surface area contributed by atoms with Gasteiger partial charge in [-0.2, -0.15) is 5.10 Å². The molecule has 3 aromatic rings. The highest BCUT2D eigenvalue weighted by Gasteiger charge is 2.40. The van der Waals surface area contributed by atoms with Crippen LogP contribution in [-0.4, -0.2) is 69.7 Å². The molecule has 0 aliphatic carbocycles. The molecule has 6 rings (SSSR count). The Hall–Kier alpha value is -3.17. The molecule has 2 aromatic heterocycles. The normalized spacial score (nSPS) is 19.5. The lowest BCUT2D eigenvalue weighted by molar-refractivity contribution is -0.187. The van der Waals surface area contributed by atoms with Crippen molar-refractivity contribution in [2.24, 2.45) is 7.05 Å². The number of hydrogen-bond acceptors (Lipinski definition) is 5. The minimum Gasteiger partial charge on any atom is -0.350 e. The first-order valence-electron chi connectivity index (χ1n) is 12.5. The van der Waals surface area contributed by atoms with Gasteiger partial charge in [0.2, 0.25) is 11.8 Å². The fourth-order valence-electron chi connectivity index (χ4n) is 5.60. The van der Waals surface area contributed by atoms with Crippen LogP contribution < -0.4 is 4.90 Å². The van der Waals surface area contributed by atoms with Gasteiger partial charge < -0.3 is 18.9 Å². The van der Waals surface area contributed by atoms with Crippen molar-refractivity contribution in [3.63, 3.8) is 0 Å². The van der Waals surface area contributed by atoms with Crippen LogP contribution in [0, 0.1) is 0 Å². The van der Waals surface area contributed by atoms with E-state index < -0.39 is 5.79 Å². The molecule has 0 saturated carbocycles. The van der Waals surface area contributed by atoms with Crippen LogP contribution in [0.25, 0.3) is 22.2 Å². The fraction of sp³-hybridized carbons (Fsp3) is 0.500. The summed E-state index contributed by atoms with van der Waals surface area (Å²) in [7, 11) is 2.03. The van der Waals surface area contributed by atoms with E-state index in [1.807, 2.05) is 34.8 Å². The second-order valence-electron chi connectivity index (χ2n) is 9.67. The molecule has 0 radical (unpaired) electrons. The molecule has 2 saturated heterocycles. The quantitative estimate of drug-likeness (QED) is 0.577. The van der Waals surface area contributed by atoms with Crippen molar-refractivity contribution in [3.8, 4) is 11.3 Å². The van der Waals surface area contributed by atoms with Gasteiger partial charge in [0.05, 0.1) is 18.9 Å². The van der Waals surface area contributed by atoms with Crippen molar-refractivity contribution in [1.82, 2.24) is 19.2 Å². The Balaban J connectivity index is 1.13. The molecule has 0 unspecified atom stereocenters. The molecule has 9 nitrogen and oxygen atoms in total. The number of carbonyl (C=O) groups excluding carboxylic acids is 2. The predicted molar refractivity (Wildman–Crippen MR) is 131 cm³/mol. The van der Waals surface area contributed by atoms with Gasteiger partial charge in [-0.15, -0.1) is 0 Å². The van der Waals surface area contributed by atoms with E-state index in [-0.39, 0.29) is 24.7 Å². The standard InChI is InChI=1S/C26H31N5O4/c1-28-18-20(19-5-2-3-6-22(19)28)21-17-23-30(11-4-12-31(23)27-21)25(33)8-7-24(32)29-13-9-26(10-14-29)34-15-16-35-26/h2-3,5-6,17-18H,4,7-16H2,1H3. The number of likely N-dealkylation sites (tertiary alicyclic amines) is 1.